The molecule has 0 radical (unpaired) electrons. The lowest BCUT2D eigenvalue weighted by molar-refractivity contribution is 0.0691. The van der Waals surface area contributed by atoms with Gasteiger partial charge in [-0.15, -0.1) is 0 Å². The predicted molar refractivity (Wildman–Crippen MR) is 98.4 cm³/mol. The van der Waals surface area contributed by atoms with Crippen molar-refractivity contribution in [3.8, 4) is 11.3 Å². The third kappa shape index (κ3) is 3.48. The number of benzene rings is 1. The van der Waals surface area contributed by atoms with Crippen molar-refractivity contribution in [2.75, 3.05) is 6.61 Å². The molecule has 1 aromatic carbocycles. The first kappa shape index (κ1) is 19.9. The van der Waals surface area contributed by atoms with Crippen LogP contribution in [0.4, 0.5) is 8.78 Å². The van der Waals surface area contributed by atoms with Crippen LogP contribution in [0.2, 0.25) is 0 Å². The molecule has 148 valence electrons. The molecule has 1 unspecified atom stereocenters. The number of nitrogens with zero attached hydrogens (tertiary/aromatic N) is 2. The molecule has 2 aromatic heterocycles. The number of hydrogen-bond donors (Lipinski definition) is 3. The zero-order chi connectivity index (χ0) is 20.6. The second-order valence-corrected chi connectivity index (χ2v) is 6.73. The molecule has 0 spiro atoms. The molecule has 2 heterocycles. The normalized spacial score (nSPS) is 12.5. The number of pyridine rings is 1. The summed E-state index contributed by atoms with van der Waals surface area (Å²) in [4.78, 5) is 15.6. The van der Waals surface area contributed by atoms with E-state index in [1.54, 1.807) is 16.7 Å². The average molecular weight is 390 g/mol. The van der Waals surface area contributed by atoms with Crippen LogP contribution in [0.15, 0.2) is 24.4 Å². The first-order chi connectivity index (χ1) is 13.2. The second-order valence-electron chi connectivity index (χ2n) is 6.73. The minimum atomic E-state index is -1.56. The van der Waals surface area contributed by atoms with Crippen LogP contribution in [0.3, 0.4) is 0 Å². The molecule has 1 atom stereocenters. The van der Waals surface area contributed by atoms with E-state index in [9.17, 15) is 18.7 Å². The molecule has 0 fully saturated rings. The molecule has 3 rings (SSSR count). The van der Waals surface area contributed by atoms with E-state index in [1.165, 1.54) is 6.92 Å². The highest BCUT2D eigenvalue weighted by molar-refractivity contribution is 5.89. The van der Waals surface area contributed by atoms with Gasteiger partial charge in [0.1, 0.15) is 17.3 Å². The summed E-state index contributed by atoms with van der Waals surface area (Å²) < 4.78 is 31.0. The molecular weight excluding hydrogens is 370 g/mol. The highest BCUT2D eigenvalue weighted by Gasteiger charge is 2.26. The molecule has 0 aliphatic heterocycles. The zero-order valence-electron chi connectivity index (χ0n) is 15.4. The summed E-state index contributed by atoms with van der Waals surface area (Å²) in [6.45, 7) is 2.94. The lowest BCUT2D eigenvalue weighted by Crippen LogP contribution is -2.15. The molecule has 0 saturated heterocycles. The fourth-order valence-electron chi connectivity index (χ4n) is 3.27. The summed E-state index contributed by atoms with van der Waals surface area (Å²) in [7, 11) is 0. The fourth-order valence-corrected chi connectivity index (χ4v) is 3.27. The molecule has 0 saturated carbocycles. The Morgan fingerprint density at radius 3 is 2.64 bits per heavy atom. The number of rotatable bonds is 6. The third-order valence-electron chi connectivity index (χ3n) is 4.69. The van der Waals surface area contributed by atoms with Crippen molar-refractivity contribution in [1.82, 2.24) is 9.38 Å². The molecule has 0 amide bonds. The van der Waals surface area contributed by atoms with Gasteiger partial charge in [-0.05, 0) is 49.6 Å². The number of aromatic carboxylic acids is 1. The van der Waals surface area contributed by atoms with Gasteiger partial charge in [-0.1, -0.05) is 0 Å². The molecule has 0 aliphatic carbocycles. The van der Waals surface area contributed by atoms with Gasteiger partial charge in [0, 0.05) is 24.8 Å². The predicted octanol–water partition coefficient (Wildman–Crippen LogP) is 2.88. The third-order valence-corrected chi connectivity index (χ3v) is 4.69. The van der Waals surface area contributed by atoms with E-state index < -0.39 is 29.3 Å². The quantitative estimate of drug-likeness (QED) is 0.602. The summed E-state index contributed by atoms with van der Waals surface area (Å²) >= 11 is 0. The summed E-state index contributed by atoms with van der Waals surface area (Å²) in [6.07, 6.45) is 0.988. The van der Waals surface area contributed by atoms with Gasteiger partial charge in [-0.3, -0.25) is 0 Å². The summed E-state index contributed by atoms with van der Waals surface area (Å²) in [5.41, 5.74) is 0.915. The number of carboxylic acids is 1. The van der Waals surface area contributed by atoms with Crippen LogP contribution >= 0.6 is 0 Å². The van der Waals surface area contributed by atoms with Crippen molar-refractivity contribution in [1.29, 1.82) is 0 Å². The monoisotopic (exact) mass is 390 g/mol. The van der Waals surface area contributed by atoms with E-state index in [2.05, 4.69) is 4.98 Å². The molecule has 0 bridgehead atoms. The van der Waals surface area contributed by atoms with Crippen molar-refractivity contribution in [3.63, 3.8) is 0 Å². The van der Waals surface area contributed by atoms with E-state index in [1.807, 2.05) is 13.0 Å². The van der Waals surface area contributed by atoms with Crippen LogP contribution < -0.4 is 0 Å². The summed E-state index contributed by atoms with van der Waals surface area (Å²) in [5, 5.41) is 28.3. The zero-order valence-corrected chi connectivity index (χ0v) is 15.4. The fraction of sp³-hybridized carbons (Fsp3) is 0.300. The minimum absolute atomic E-state index is 0.0568. The number of fused-ring (bicyclic) bond motifs is 1. The highest BCUT2D eigenvalue weighted by atomic mass is 19.1. The van der Waals surface area contributed by atoms with Gasteiger partial charge in [0.05, 0.1) is 23.1 Å². The maximum absolute atomic E-state index is 14.8. The molecule has 8 heteroatoms. The first-order valence-electron chi connectivity index (χ1n) is 8.73. The maximum atomic E-state index is 14.8. The van der Waals surface area contributed by atoms with Gasteiger partial charge >= 0.3 is 5.97 Å². The Bertz CT molecular complexity index is 1060. The Hall–Kier alpha value is -2.84. The average Bonchev–Trinajstić information content (AvgIpc) is 2.95. The SMILES string of the molecule is Cc1ccn2c(CC(O)CCO)c(-c3c(F)cc(C(=O)O)c(F)c3C)nc2c1. The lowest BCUT2D eigenvalue weighted by Gasteiger charge is -2.13. The number of carbonyl (C=O) groups is 1. The summed E-state index contributed by atoms with van der Waals surface area (Å²) in [6, 6.07) is 4.22. The highest BCUT2D eigenvalue weighted by Crippen LogP contribution is 2.33. The number of halogens is 2. The van der Waals surface area contributed by atoms with Gasteiger partial charge in [0.25, 0.3) is 0 Å². The largest absolute Gasteiger partial charge is 0.478 e. The molecule has 6 nitrogen and oxygen atoms in total. The van der Waals surface area contributed by atoms with Gasteiger partial charge in [0.15, 0.2) is 0 Å². The van der Waals surface area contributed by atoms with Crippen molar-refractivity contribution in [2.24, 2.45) is 0 Å². The van der Waals surface area contributed by atoms with Crippen LogP contribution in [-0.2, 0) is 6.42 Å². The van der Waals surface area contributed by atoms with Gasteiger partial charge < -0.3 is 19.7 Å². The van der Waals surface area contributed by atoms with Crippen molar-refractivity contribution in [2.45, 2.75) is 32.8 Å². The van der Waals surface area contributed by atoms with Crippen molar-refractivity contribution in [3.05, 3.63) is 58.4 Å². The number of carboxylic acid groups (broad SMARTS) is 1. The van der Waals surface area contributed by atoms with Crippen LogP contribution in [0, 0.1) is 25.5 Å². The van der Waals surface area contributed by atoms with Crippen LogP contribution in [0.1, 0.15) is 33.6 Å². The van der Waals surface area contributed by atoms with E-state index in [0.717, 1.165) is 5.56 Å². The smallest absolute Gasteiger partial charge is 0.338 e. The Balaban J connectivity index is 2.28. The number of aliphatic hydroxyl groups excluding tert-OH is 2. The molecule has 28 heavy (non-hydrogen) atoms. The van der Waals surface area contributed by atoms with Crippen LogP contribution in [0.5, 0.6) is 0 Å². The van der Waals surface area contributed by atoms with E-state index in [0.29, 0.717) is 17.4 Å². The standard InChI is InChI=1S/C20H20F2N2O4/c1-10-3-5-24-15(8-12(26)4-6-25)19(23-16(24)7-10)17-11(2)18(22)13(20(27)28)9-14(17)21/h3,5,7,9,12,25-26H,4,6,8H2,1-2H3,(H,27,28). The minimum Gasteiger partial charge on any atom is -0.478 e. The Labute approximate surface area is 159 Å². The number of aromatic nitrogens is 2. The first-order valence-corrected chi connectivity index (χ1v) is 8.73. The van der Waals surface area contributed by atoms with E-state index in [-0.39, 0.29) is 36.3 Å². The second kappa shape index (κ2) is 7.65. The Kier molecular flexibility index (Phi) is 5.44. The van der Waals surface area contributed by atoms with Gasteiger partial charge in [-0.25, -0.2) is 18.6 Å². The lowest BCUT2D eigenvalue weighted by atomic mass is 9.97. The van der Waals surface area contributed by atoms with Gasteiger partial charge in [0.2, 0.25) is 0 Å². The number of hydrogen-bond acceptors (Lipinski definition) is 4. The molecule has 0 aliphatic rings. The number of aryl methyl sites for hydroxylation is 1. The molecule has 3 aromatic rings. The Morgan fingerprint density at radius 2 is 2.00 bits per heavy atom. The van der Waals surface area contributed by atoms with E-state index >= 15 is 0 Å². The Morgan fingerprint density at radius 1 is 1.29 bits per heavy atom. The van der Waals surface area contributed by atoms with Crippen molar-refractivity contribution < 1.29 is 28.9 Å². The van der Waals surface area contributed by atoms with Crippen LogP contribution in [-0.4, -0.2) is 43.4 Å². The van der Waals surface area contributed by atoms with E-state index in [4.69, 9.17) is 10.2 Å². The summed E-state index contributed by atoms with van der Waals surface area (Å²) in [5.74, 6) is -3.50. The molecular formula is C20H20F2N2O4. The number of aliphatic hydroxyl groups is 2. The van der Waals surface area contributed by atoms with Gasteiger partial charge in [-0.2, -0.15) is 0 Å². The van der Waals surface area contributed by atoms with Crippen molar-refractivity contribution >= 4 is 11.6 Å². The number of imidazole rings is 1. The maximum Gasteiger partial charge on any atom is 0.338 e. The molecule has 3 N–H and O–H groups in total. The topological polar surface area (TPSA) is 95.1 Å². The van der Waals surface area contributed by atoms with Crippen LogP contribution in [0.25, 0.3) is 16.9 Å².